The van der Waals surface area contributed by atoms with Crippen molar-refractivity contribution >= 4 is 17.1 Å². The Labute approximate surface area is 278 Å². The molecule has 0 amide bonds. The van der Waals surface area contributed by atoms with Crippen LogP contribution >= 0.6 is 12.2 Å². The van der Waals surface area contributed by atoms with Crippen molar-refractivity contribution in [3.8, 4) is 11.8 Å². The minimum absolute atomic E-state index is 0.485. The highest BCUT2D eigenvalue weighted by atomic mass is 32.1. The molecule has 0 bridgehead atoms. The standard InChI is InChI=1S/C27H44S.C6H13N.C4H10.C2H6.C2H4/c1-7-8-15-27(28)24(6)26(25-18-16-22(4)17-19-25)20-23(5)14-12-10-9-11-13-21(2)3;1-5-2-3-6(7)4-5;1-4(2)3;2*1-2/h9-10,14,21-22,24-26H,11-13,15-20H2,1-6H3;5-6H,2-4,7H2,1H3;4H,1-3H3;1-2H3;1-2H2/b10-9?,23-14+;;;;. The zero-order valence-corrected chi connectivity index (χ0v) is 32.1. The minimum Gasteiger partial charge on any atom is -0.328 e. The Morgan fingerprint density at radius 2 is 1.44 bits per heavy atom. The monoisotopic (exact) mass is 616 g/mol. The summed E-state index contributed by atoms with van der Waals surface area (Å²) in [7, 11) is 0. The second kappa shape index (κ2) is 30.8. The average Bonchev–Trinajstić information content (AvgIpc) is 3.36. The van der Waals surface area contributed by atoms with Gasteiger partial charge in [-0.3, -0.25) is 0 Å². The molecule has 2 aliphatic carbocycles. The summed E-state index contributed by atoms with van der Waals surface area (Å²) in [5.74, 6) is 11.6. The van der Waals surface area contributed by atoms with Gasteiger partial charge in [0.15, 0.2) is 0 Å². The van der Waals surface area contributed by atoms with Gasteiger partial charge in [-0.1, -0.05) is 124 Å². The van der Waals surface area contributed by atoms with Crippen LogP contribution in [0.25, 0.3) is 0 Å². The molecule has 4 unspecified atom stereocenters. The summed E-state index contributed by atoms with van der Waals surface area (Å²) in [6, 6.07) is 0.523. The van der Waals surface area contributed by atoms with E-state index in [0.29, 0.717) is 17.9 Å². The van der Waals surface area contributed by atoms with Gasteiger partial charge in [-0.2, -0.15) is 0 Å². The Morgan fingerprint density at radius 3 is 1.86 bits per heavy atom. The van der Waals surface area contributed by atoms with E-state index < -0.39 is 0 Å². The van der Waals surface area contributed by atoms with E-state index in [1.54, 1.807) is 0 Å². The molecule has 0 aliphatic heterocycles. The fraction of sp³-hybridized carbons (Fsp3) is 0.780. The normalized spacial score (nSPS) is 22.7. The molecule has 2 fully saturated rings. The molecule has 2 aliphatic rings. The van der Waals surface area contributed by atoms with Gasteiger partial charge in [0.2, 0.25) is 0 Å². The highest BCUT2D eigenvalue weighted by molar-refractivity contribution is 7.80. The van der Waals surface area contributed by atoms with Crippen LogP contribution in [0.5, 0.6) is 0 Å². The smallest absolute Gasteiger partial charge is 0.0406 e. The number of allylic oxidation sites excluding steroid dienone is 4. The van der Waals surface area contributed by atoms with Crippen molar-refractivity contribution in [2.45, 2.75) is 166 Å². The second-order valence-electron chi connectivity index (χ2n) is 13.9. The van der Waals surface area contributed by atoms with Crippen LogP contribution in [0, 0.1) is 53.3 Å². The van der Waals surface area contributed by atoms with Crippen molar-refractivity contribution in [3.63, 3.8) is 0 Å². The first kappa shape index (κ1) is 46.3. The molecular formula is C41H77NS. The van der Waals surface area contributed by atoms with Gasteiger partial charge in [0.05, 0.1) is 0 Å². The lowest BCUT2D eigenvalue weighted by Gasteiger charge is -2.36. The lowest BCUT2D eigenvalue weighted by atomic mass is 9.69. The number of rotatable bonds is 11. The molecule has 0 aromatic rings. The van der Waals surface area contributed by atoms with E-state index in [9.17, 15) is 0 Å². The van der Waals surface area contributed by atoms with Crippen LogP contribution in [0.3, 0.4) is 0 Å². The maximum absolute atomic E-state index is 5.79. The fourth-order valence-corrected chi connectivity index (χ4v) is 5.91. The van der Waals surface area contributed by atoms with Gasteiger partial charge in [-0.05, 0) is 113 Å². The zero-order chi connectivity index (χ0) is 33.8. The second-order valence-corrected chi connectivity index (χ2v) is 14.4. The zero-order valence-electron chi connectivity index (χ0n) is 31.2. The van der Waals surface area contributed by atoms with Crippen molar-refractivity contribution < 1.29 is 0 Å². The summed E-state index contributed by atoms with van der Waals surface area (Å²) >= 11 is 5.79. The number of hydrogen-bond acceptors (Lipinski definition) is 2. The maximum Gasteiger partial charge on any atom is 0.0406 e. The summed E-state index contributed by atoms with van der Waals surface area (Å²) in [6.45, 7) is 32.4. The van der Waals surface area contributed by atoms with Crippen LogP contribution in [0.1, 0.15) is 160 Å². The molecule has 0 heterocycles. The number of nitrogens with two attached hydrogens (primary N) is 1. The summed E-state index contributed by atoms with van der Waals surface area (Å²) < 4.78 is 0. The first-order valence-corrected chi connectivity index (χ1v) is 18.3. The predicted molar refractivity (Wildman–Crippen MR) is 205 cm³/mol. The van der Waals surface area contributed by atoms with Crippen molar-refractivity contribution in [2.24, 2.45) is 47.2 Å². The fourth-order valence-electron chi connectivity index (χ4n) is 5.66. The van der Waals surface area contributed by atoms with E-state index in [1.165, 1.54) is 74.6 Å². The molecular weight excluding hydrogens is 539 g/mol. The van der Waals surface area contributed by atoms with Crippen LogP contribution < -0.4 is 5.73 Å². The molecule has 0 aromatic carbocycles. The van der Waals surface area contributed by atoms with Gasteiger partial charge in [0.25, 0.3) is 0 Å². The van der Waals surface area contributed by atoms with Gasteiger partial charge < -0.3 is 5.73 Å². The highest BCUT2D eigenvalue weighted by Crippen LogP contribution is 2.40. The van der Waals surface area contributed by atoms with E-state index >= 15 is 0 Å². The largest absolute Gasteiger partial charge is 0.328 e. The van der Waals surface area contributed by atoms with E-state index in [-0.39, 0.29) is 0 Å². The topological polar surface area (TPSA) is 26.0 Å². The van der Waals surface area contributed by atoms with E-state index in [2.05, 4.69) is 106 Å². The first-order valence-electron chi connectivity index (χ1n) is 17.9. The van der Waals surface area contributed by atoms with E-state index in [1.807, 2.05) is 20.8 Å². The van der Waals surface area contributed by atoms with Crippen LogP contribution in [-0.2, 0) is 0 Å². The molecule has 0 radical (unpaired) electrons. The Hall–Kier alpha value is -1.17. The molecule has 1 nitrogen and oxygen atoms in total. The SMILES string of the molecule is C=C.CC.CC#CCC(=S)C(C)C(C/C(C)=C/CC=CCCC(C)C)C1CCC(C)CC1.CC(C)C.CC1CCC(N)C1. The van der Waals surface area contributed by atoms with Crippen molar-refractivity contribution in [2.75, 3.05) is 0 Å². The van der Waals surface area contributed by atoms with E-state index in [0.717, 1.165) is 42.4 Å². The van der Waals surface area contributed by atoms with Crippen LogP contribution in [0.2, 0.25) is 0 Å². The molecule has 4 atom stereocenters. The summed E-state index contributed by atoms with van der Waals surface area (Å²) in [6.07, 6.45) is 22.0. The summed E-state index contributed by atoms with van der Waals surface area (Å²) in [4.78, 5) is 1.17. The molecule has 2 N–H and O–H groups in total. The lowest BCUT2D eigenvalue weighted by molar-refractivity contribution is 0.187. The first-order chi connectivity index (χ1) is 20.4. The molecule has 2 rings (SSSR count). The van der Waals surface area contributed by atoms with Gasteiger partial charge >= 0.3 is 0 Å². The van der Waals surface area contributed by atoms with Crippen molar-refractivity contribution in [1.29, 1.82) is 0 Å². The molecule has 2 saturated carbocycles. The average molecular weight is 616 g/mol. The summed E-state index contributed by atoms with van der Waals surface area (Å²) in [5.41, 5.74) is 7.16. The van der Waals surface area contributed by atoms with Crippen molar-refractivity contribution in [1.82, 2.24) is 0 Å². The molecule has 43 heavy (non-hydrogen) atoms. The Balaban J connectivity index is -0.000000875. The Bertz CT molecular complexity index is 746. The molecule has 252 valence electrons. The third-order valence-corrected chi connectivity index (χ3v) is 8.74. The Kier molecular flexibility index (Phi) is 33.2. The van der Waals surface area contributed by atoms with Crippen LogP contribution in [-0.4, -0.2) is 10.9 Å². The molecule has 2 heteroatoms. The van der Waals surface area contributed by atoms with Gasteiger partial charge in [-0.25, -0.2) is 0 Å². The van der Waals surface area contributed by atoms with Gasteiger partial charge in [-0.15, -0.1) is 19.1 Å². The number of hydrogen-bond donors (Lipinski definition) is 1. The molecule has 0 saturated heterocycles. The lowest BCUT2D eigenvalue weighted by Crippen LogP contribution is -2.29. The quantitative estimate of drug-likeness (QED) is 0.142. The number of thiocarbonyl (C=S) groups is 1. The summed E-state index contributed by atoms with van der Waals surface area (Å²) in [5, 5.41) is 0. The Morgan fingerprint density at radius 1 is 0.907 bits per heavy atom. The van der Waals surface area contributed by atoms with Crippen molar-refractivity contribution in [3.05, 3.63) is 37.0 Å². The third-order valence-electron chi connectivity index (χ3n) is 8.23. The maximum atomic E-state index is 5.79. The molecule has 0 spiro atoms. The predicted octanol–water partition coefficient (Wildman–Crippen LogP) is 13.2. The highest BCUT2D eigenvalue weighted by Gasteiger charge is 2.31. The minimum atomic E-state index is 0.485. The van der Waals surface area contributed by atoms with E-state index in [4.69, 9.17) is 18.0 Å². The van der Waals surface area contributed by atoms with Gasteiger partial charge in [0, 0.05) is 17.3 Å². The van der Waals surface area contributed by atoms with Gasteiger partial charge in [0.1, 0.15) is 0 Å². The third kappa shape index (κ3) is 28.1. The molecule has 0 aromatic heterocycles. The van der Waals surface area contributed by atoms with Crippen LogP contribution in [0.4, 0.5) is 0 Å². The van der Waals surface area contributed by atoms with Crippen LogP contribution in [0.15, 0.2) is 37.0 Å².